The molecule has 2 aromatic rings. The van der Waals surface area contributed by atoms with Gasteiger partial charge in [0, 0.05) is 18.8 Å². The quantitative estimate of drug-likeness (QED) is 0.861. The lowest BCUT2D eigenvalue weighted by Crippen LogP contribution is -2.47. The number of nitrogens with one attached hydrogen (secondary N) is 1. The largest absolute Gasteiger partial charge is 0.351 e. The molecule has 1 aliphatic carbocycles. The van der Waals surface area contributed by atoms with E-state index in [4.69, 9.17) is 0 Å². The van der Waals surface area contributed by atoms with Gasteiger partial charge in [0.15, 0.2) is 0 Å². The average Bonchev–Trinajstić information content (AvgIpc) is 3.48. The van der Waals surface area contributed by atoms with Crippen molar-refractivity contribution in [2.45, 2.75) is 39.2 Å². The third kappa shape index (κ3) is 2.90. The molecule has 2 aromatic carbocycles. The summed E-state index contributed by atoms with van der Waals surface area (Å²) in [5.74, 6) is -0.166. The van der Waals surface area contributed by atoms with E-state index >= 15 is 0 Å². The van der Waals surface area contributed by atoms with Crippen LogP contribution in [0.1, 0.15) is 36.0 Å². The second-order valence-electron chi connectivity index (χ2n) is 7.38. The Bertz CT molecular complexity index is 855. The fraction of sp³-hybridized carbons (Fsp3) is 0.364. The molecule has 0 spiro atoms. The number of aryl methyl sites for hydroxylation is 2. The van der Waals surface area contributed by atoms with Crippen LogP contribution >= 0.6 is 0 Å². The molecule has 0 saturated heterocycles. The van der Waals surface area contributed by atoms with E-state index in [1.54, 1.807) is 0 Å². The molecule has 2 aliphatic rings. The Labute approximate surface area is 154 Å². The molecule has 134 valence electrons. The molecule has 4 heteroatoms. The number of benzene rings is 2. The third-order valence-electron chi connectivity index (χ3n) is 5.65. The van der Waals surface area contributed by atoms with Crippen molar-refractivity contribution >= 4 is 17.5 Å². The van der Waals surface area contributed by atoms with Crippen molar-refractivity contribution in [1.82, 2.24) is 5.32 Å². The molecule has 4 nitrogen and oxygen atoms in total. The van der Waals surface area contributed by atoms with Crippen molar-refractivity contribution in [2.24, 2.45) is 5.41 Å². The Morgan fingerprint density at radius 2 is 1.81 bits per heavy atom. The molecule has 0 atom stereocenters. The number of hydrogen-bond acceptors (Lipinski definition) is 2. The van der Waals surface area contributed by atoms with Gasteiger partial charge in [-0.1, -0.05) is 42.5 Å². The normalized spacial score (nSPS) is 17.3. The molecular formula is C22H24N2O2. The topological polar surface area (TPSA) is 49.4 Å². The lowest BCUT2D eigenvalue weighted by Gasteiger charge is -2.32. The maximum Gasteiger partial charge on any atom is 0.242 e. The van der Waals surface area contributed by atoms with Crippen molar-refractivity contribution in [3.8, 4) is 0 Å². The van der Waals surface area contributed by atoms with E-state index in [2.05, 4.69) is 11.4 Å². The summed E-state index contributed by atoms with van der Waals surface area (Å²) in [5.41, 5.74) is 3.54. The Hall–Kier alpha value is -2.62. The second-order valence-corrected chi connectivity index (χ2v) is 7.38. The van der Waals surface area contributed by atoms with Crippen molar-refractivity contribution in [3.05, 3.63) is 65.2 Å². The first-order valence-corrected chi connectivity index (χ1v) is 9.34. The molecule has 26 heavy (non-hydrogen) atoms. The fourth-order valence-corrected chi connectivity index (χ4v) is 3.82. The first kappa shape index (κ1) is 16.8. The van der Waals surface area contributed by atoms with Crippen molar-refractivity contribution in [1.29, 1.82) is 0 Å². The predicted molar refractivity (Wildman–Crippen MR) is 102 cm³/mol. The van der Waals surface area contributed by atoms with Crippen LogP contribution in [-0.2, 0) is 22.6 Å². The number of rotatable bonds is 4. The molecule has 2 amide bonds. The molecule has 1 aliphatic heterocycles. The summed E-state index contributed by atoms with van der Waals surface area (Å²) in [4.78, 5) is 27.9. The second kappa shape index (κ2) is 6.60. The number of carbonyl (C=O) groups is 2. The number of fused-ring (bicyclic) bond motifs is 1. The predicted octanol–water partition coefficient (Wildman–Crippen LogP) is 3.37. The van der Waals surface area contributed by atoms with Gasteiger partial charge in [-0.2, -0.15) is 0 Å². The zero-order valence-electron chi connectivity index (χ0n) is 15.1. The minimum Gasteiger partial charge on any atom is -0.351 e. The summed E-state index contributed by atoms with van der Waals surface area (Å²) >= 11 is 0. The van der Waals surface area contributed by atoms with Gasteiger partial charge < -0.3 is 10.2 Å². The molecule has 0 aromatic heterocycles. The van der Waals surface area contributed by atoms with E-state index in [0.717, 1.165) is 29.7 Å². The maximum atomic E-state index is 13.2. The first-order chi connectivity index (χ1) is 12.6. The van der Waals surface area contributed by atoms with Crippen LogP contribution in [0.25, 0.3) is 0 Å². The van der Waals surface area contributed by atoms with E-state index in [1.807, 2.05) is 54.3 Å². The van der Waals surface area contributed by atoms with E-state index in [9.17, 15) is 9.59 Å². The highest BCUT2D eigenvalue weighted by Crippen LogP contribution is 2.49. The monoisotopic (exact) mass is 348 g/mol. The zero-order valence-corrected chi connectivity index (χ0v) is 15.1. The highest BCUT2D eigenvalue weighted by atomic mass is 16.2. The van der Waals surface area contributed by atoms with Gasteiger partial charge in [0.05, 0.1) is 0 Å². The standard InChI is InChI=1S/C22H24N2O2/c1-16-7-2-3-9-18(16)15-23-20(25)22(12-13-22)21(26)24-14-6-10-17-8-4-5-11-19(17)24/h2-5,7-9,11H,6,10,12-15H2,1H3,(H,23,25). The SMILES string of the molecule is Cc1ccccc1CNC(=O)C1(C(=O)N2CCCc3ccccc32)CC1. The van der Waals surface area contributed by atoms with Gasteiger partial charge in [0.2, 0.25) is 11.8 Å². The van der Waals surface area contributed by atoms with Crippen LogP contribution in [0.15, 0.2) is 48.5 Å². The lowest BCUT2D eigenvalue weighted by molar-refractivity contribution is -0.135. The number of anilines is 1. The van der Waals surface area contributed by atoms with E-state index < -0.39 is 5.41 Å². The van der Waals surface area contributed by atoms with Crippen molar-refractivity contribution in [3.63, 3.8) is 0 Å². The van der Waals surface area contributed by atoms with Gasteiger partial charge in [0.1, 0.15) is 5.41 Å². The van der Waals surface area contributed by atoms with Gasteiger partial charge in [-0.15, -0.1) is 0 Å². The summed E-state index contributed by atoms with van der Waals surface area (Å²) in [6, 6.07) is 16.0. The smallest absolute Gasteiger partial charge is 0.242 e. The average molecular weight is 348 g/mol. The van der Waals surface area contributed by atoms with Gasteiger partial charge in [0.25, 0.3) is 0 Å². The van der Waals surface area contributed by atoms with Crippen LogP contribution in [0.2, 0.25) is 0 Å². The maximum absolute atomic E-state index is 13.2. The molecule has 0 bridgehead atoms. The van der Waals surface area contributed by atoms with Crippen LogP contribution in [0.3, 0.4) is 0 Å². The third-order valence-corrected chi connectivity index (χ3v) is 5.65. The highest BCUT2D eigenvalue weighted by Gasteiger charge is 2.58. The van der Waals surface area contributed by atoms with Crippen LogP contribution in [0, 0.1) is 12.3 Å². The molecule has 1 N–H and O–H groups in total. The van der Waals surface area contributed by atoms with Crippen LogP contribution in [0.4, 0.5) is 5.69 Å². The minimum absolute atomic E-state index is 0.0352. The summed E-state index contributed by atoms with van der Waals surface area (Å²) in [6.45, 7) is 3.20. The van der Waals surface area contributed by atoms with E-state index in [0.29, 0.717) is 25.9 Å². The van der Waals surface area contributed by atoms with Crippen LogP contribution in [-0.4, -0.2) is 18.4 Å². The van der Waals surface area contributed by atoms with Gasteiger partial charge in [-0.25, -0.2) is 0 Å². The zero-order chi connectivity index (χ0) is 18.1. The first-order valence-electron chi connectivity index (χ1n) is 9.34. The Kier molecular flexibility index (Phi) is 4.27. The molecule has 0 unspecified atom stereocenters. The van der Waals surface area contributed by atoms with Gasteiger partial charge >= 0.3 is 0 Å². The fourth-order valence-electron chi connectivity index (χ4n) is 3.82. The summed E-state index contributed by atoms with van der Waals surface area (Å²) < 4.78 is 0. The number of hydrogen-bond donors (Lipinski definition) is 1. The molecule has 1 fully saturated rings. The van der Waals surface area contributed by atoms with Gasteiger partial charge in [-0.05, 0) is 55.4 Å². The molecular weight excluding hydrogens is 324 g/mol. The number of carbonyl (C=O) groups excluding carboxylic acids is 2. The lowest BCUT2D eigenvalue weighted by atomic mass is 9.97. The number of amides is 2. The number of nitrogens with zero attached hydrogens (tertiary/aromatic N) is 1. The highest BCUT2D eigenvalue weighted by molar-refractivity contribution is 6.14. The Morgan fingerprint density at radius 3 is 2.58 bits per heavy atom. The summed E-state index contributed by atoms with van der Waals surface area (Å²) in [7, 11) is 0. The summed E-state index contributed by atoms with van der Waals surface area (Å²) in [6.07, 6.45) is 3.23. The Balaban J connectivity index is 1.50. The molecule has 1 heterocycles. The minimum atomic E-state index is -0.868. The van der Waals surface area contributed by atoms with Crippen molar-refractivity contribution in [2.75, 3.05) is 11.4 Å². The van der Waals surface area contributed by atoms with E-state index in [1.165, 1.54) is 5.56 Å². The number of para-hydroxylation sites is 1. The Morgan fingerprint density at radius 1 is 1.08 bits per heavy atom. The van der Waals surface area contributed by atoms with Crippen molar-refractivity contribution < 1.29 is 9.59 Å². The molecule has 4 rings (SSSR count). The molecule has 0 radical (unpaired) electrons. The van der Waals surface area contributed by atoms with Crippen LogP contribution in [0.5, 0.6) is 0 Å². The summed E-state index contributed by atoms with van der Waals surface area (Å²) in [5, 5.41) is 3.00. The van der Waals surface area contributed by atoms with Gasteiger partial charge in [-0.3, -0.25) is 9.59 Å². The van der Waals surface area contributed by atoms with Crippen LogP contribution < -0.4 is 10.2 Å². The molecule has 1 saturated carbocycles. The van der Waals surface area contributed by atoms with E-state index in [-0.39, 0.29) is 11.8 Å².